The number of rotatable bonds is 11. The molecule has 0 aliphatic carbocycles. The van der Waals surface area contributed by atoms with Gasteiger partial charge in [-0.3, -0.25) is 9.59 Å². The highest BCUT2D eigenvalue weighted by Gasteiger charge is 2.13. The normalized spacial score (nSPS) is 10.4. The van der Waals surface area contributed by atoms with Crippen molar-refractivity contribution in [3.05, 3.63) is 84.4 Å². The fraction of sp³-hybridized carbons (Fsp3) is 0.231. The van der Waals surface area contributed by atoms with E-state index in [0.29, 0.717) is 36.8 Å². The Bertz CT molecular complexity index is 1040. The van der Waals surface area contributed by atoms with Crippen molar-refractivity contribution in [3.63, 3.8) is 0 Å². The van der Waals surface area contributed by atoms with E-state index in [-0.39, 0.29) is 18.4 Å². The lowest BCUT2D eigenvalue weighted by Gasteiger charge is -2.17. The Morgan fingerprint density at radius 1 is 0.879 bits per heavy atom. The molecule has 0 heterocycles. The third-order valence-corrected chi connectivity index (χ3v) is 4.88. The summed E-state index contributed by atoms with van der Waals surface area (Å²) in [6.07, 6.45) is 0. The summed E-state index contributed by atoms with van der Waals surface area (Å²) in [4.78, 5) is 26.7. The van der Waals surface area contributed by atoms with Gasteiger partial charge in [-0.05, 0) is 55.5 Å². The summed E-state index contributed by atoms with van der Waals surface area (Å²) in [6, 6.07) is 23.7. The Kier molecular flexibility index (Phi) is 8.85. The first kappa shape index (κ1) is 23.8. The molecule has 3 rings (SSSR count). The number of ether oxygens (including phenoxy) is 2. The highest BCUT2D eigenvalue weighted by Crippen LogP contribution is 2.23. The average molecular weight is 448 g/mol. The van der Waals surface area contributed by atoms with E-state index >= 15 is 0 Å². The van der Waals surface area contributed by atoms with E-state index in [9.17, 15) is 9.59 Å². The van der Waals surface area contributed by atoms with Crippen LogP contribution in [-0.2, 0) is 9.53 Å². The van der Waals surface area contributed by atoms with Crippen LogP contribution in [0.5, 0.6) is 5.75 Å². The molecule has 0 saturated heterocycles. The predicted octanol–water partition coefficient (Wildman–Crippen LogP) is 4.43. The van der Waals surface area contributed by atoms with Gasteiger partial charge >= 0.3 is 0 Å². The fourth-order valence-electron chi connectivity index (χ4n) is 3.13. The number of nitrogens with one attached hydrogen (secondary N) is 2. The molecule has 0 unspecified atom stereocenters. The molecule has 0 aliphatic rings. The molecule has 0 bridgehead atoms. The molecule has 0 fully saturated rings. The number of amides is 2. The number of hydrogen-bond donors (Lipinski definition) is 2. The molecule has 7 nitrogen and oxygen atoms in total. The van der Waals surface area contributed by atoms with E-state index in [1.165, 1.54) is 0 Å². The molecule has 0 radical (unpaired) electrons. The fourth-order valence-corrected chi connectivity index (χ4v) is 3.13. The summed E-state index contributed by atoms with van der Waals surface area (Å²) in [5.41, 5.74) is 2.69. The summed E-state index contributed by atoms with van der Waals surface area (Å²) >= 11 is 0. The summed E-state index contributed by atoms with van der Waals surface area (Å²) < 4.78 is 11.0. The lowest BCUT2D eigenvalue weighted by molar-refractivity contribution is -0.114. The molecule has 0 aromatic heterocycles. The second-order valence-corrected chi connectivity index (χ2v) is 7.22. The summed E-state index contributed by atoms with van der Waals surface area (Å²) in [6.45, 7) is 3.59. The minimum atomic E-state index is -0.209. The SMILES string of the molecule is CCOCCOc1ccccc1NCC(=O)Nc1ccc(C(=O)N(C)c2ccccc2)cc1. The van der Waals surface area contributed by atoms with Gasteiger partial charge in [-0.15, -0.1) is 0 Å². The van der Waals surface area contributed by atoms with Gasteiger partial charge < -0.3 is 25.0 Å². The maximum Gasteiger partial charge on any atom is 0.258 e. The Labute approximate surface area is 194 Å². The minimum absolute atomic E-state index is 0.0727. The standard InChI is InChI=1S/C26H29N3O4/c1-3-32-17-18-33-24-12-8-7-11-23(24)27-19-25(30)28-21-15-13-20(14-16-21)26(31)29(2)22-9-5-4-6-10-22/h4-16,27H,3,17-19H2,1-2H3,(H,28,30). The first-order chi connectivity index (χ1) is 16.1. The molecule has 0 atom stereocenters. The van der Waals surface area contributed by atoms with Crippen LogP contribution in [0.15, 0.2) is 78.9 Å². The van der Waals surface area contributed by atoms with Gasteiger partial charge in [0.1, 0.15) is 12.4 Å². The van der Waals surface area contributed by atoms with Crippen LogP contribution in [0.1, 0.15) is 17.3 Å². The zero-order chi connectivity index (χ0) is 23.5. The maximum absolute atomic E-state index is 12.7. The van der Waals surface area contributed by atoms with Gasteiger partial charge in [0.05, 0.1) is 18.8 Å². The Morgan fingerprint density at radius 3 is 2.30 bits per heavy atom. The number of hydrogen-bond acceptors (Lipinski definition) is 5. The number of para-hydroxylation sites is 3. The van der Waals surface area contributed by atoms with Crippen LogP contribution in [0.3, 0.4) is 0 Å². The van der Waals surface area contributed by atoms with Crippen molar-refractivity contribution < 1.29 is 19.1 Å². The Hall–Kier alpha value is -3.84. The zero-order valence-electron chi connectivity index (χ0n) is 18.9. The van der Waals surface area contributed by atoms with E-state index < -0.39 is 0 Å². The predicted molar refractivity (Wildman–Crippen MR) is 131 cm³/mol. The highest BCUT2D eigenvalue weighted by molar-refractivity contribution is 6.06. The molecule has 0 aliphatic heterocycles. The van der Waals surface area contributed by atoms with Gasteiger partial charge in [0.2, 0.25) is 5.91 Å². The van der Waals surface area contributed by atoms with Crippen LogP contribution < -0.4 is 20.3 Å². The topological polar surface area (TPSA) is 79.9 Å². The van der Waals surface area contributed by atoms with E-state index in [1.54, 1.807) is 36.2 Å². The van der Waals surface area contributed by atoms with Gasteiger partial charge in [0.25, 0.3) is 5.91 Å². The van der Waals surface area contributed by atoms with Crippen LogP contribution in [0, 0.1) is 0 Å². The summed E-state index contributed by atoms with van der Waals surface area (Å²) in [7, 11) is 1.73. The third-order valence-electron chi connectivity index (χ3n) is 4.88. The van der Waals surface area contributed by atoms with Crippen molar-refractivity contribution in [1.82, 2.24) is 0 Å². The van der Waals surface area contributed by atoms with Gasteiger partial charge in [-0.25, -0.2) is 0 Å². The zero-order valence-corrected chi connectivity index (χ0v) is 18.9. The molecule has 3 aromatic carbocycles. The van der Waals surface area contributed by atoms with Crippen molar-refractivity contribution >= 4 is 28.9 Å². The third kappa shape index (κ3) is 7.08. The number of nitrogens with zero attached hydrogens (tertiary/aromatic N) is 1. The lowest BCUT2D eigenvalue weighted by atomic mass is 10.1. The van der Waals surface area contributed by atoms with Crippen LogP contribution in [0.4, 0.5) is 17.1 Å². The minimum Gasteiger partial charge on any atom is -0.489 e. The van der Waals surface area contributed by atoms with Crippen LogP contribution in [0.2, 0.25) is 0 Å². The molecule has 2 N–H and O–H groups in total. The largest absolute Gasteiger partial charge is 0.489 e. The monoisotopic (exact) mass is 447 g/mol. The number of benzene rings is 3. The first-order valence-electron chi connectivity index (χ1n) is 10.8. The van der Waals surface area contributed by atoms with Crippen molar-refractivity contribution in [2.24, 2.45) is 0 Å². The van der Waals surface area contributed by atoms with Crippen molar-refractivity contribution in [1.29, 1.82) is 0 Å². The number of anilines is 3. The molecule has 2 amide bonds. The van der Waals surface area contributed by atoms with Gasteiger partial charge in [0.15, 0.2) is 0 Å². The van der Waals surface area contributed by atoms with Crippen LogP contribution in [0.25, 0.3) is 0 Å². The lowest BCUT2D eigenvalue weighted by Crippen LogP contribution is -2.26. The molecule has 0 saturated carbocycles. The van der Waals surface area contributed by atoms with Gasteiger partial charge in [-0.1, -0.05) is 30.3 Å². The average Bonchev–Trinajstić information content (AvgIpc) is 2.86. The first-order valence-corrected chi connectivity index (χ1v) is 10.8. The van der Waals surface area contributed by atoms with E-state index in [1.807, 2.05) is 61.5 Å². The highest BCUT2D eigenvalue weighted by atomic mass is 16.5. The van der Waals surface area contributed by atoms with Crippen molar-refractivity contribution in [2.45, 2.75) is 6.92 Å². The second-order valence-electron chi connectivity index (χ2n) is 7.22. The number of carbonyl (C=O) groups is 2. The van der Waals surface area contributed by atoms with E-state index in [4.69, 9.17) is 9.47 Å². The molecular weight excluding hydrogens is 418 g/mol. The molecular formula is C26H29N3O4. The van der Waals surface area contributed by atoms with E-state index in [0.717, 1.165) is 11.4 Å². The number of carbonyl (C=O) groups excluding carboxylic acids is 2. The van der Waals surface area contributed by atoms with Crippen molar-refractivity contribution in [3.8, 4) is 5.75 Å². The quantitative estimate of drug-likeness (QED) is 0.425. The van der Waals surface area contributed by atoms with Crippen LogP contribution >= 0.6 is 0 Å². The maximum atomic E-state index is 12.7. The molecule has 172 valence electrons. The molecule has 7 heteroatoms. The second kappa shape index (κ2) is 12.3. The Morgan fingerprint density at radius 2 is 1.58 bits per heavy atom. The van der Waals surface area contributed by atoms with Gasteiger partial charge in [-0.2, -0.15) is 0 Å². The van der Waals surface area contributed by atoms with E-state index in [2.05, 4.69) is 10.6 Å². The summed E-state index contributed by atoms with van der Waals surface area (Å²) in [5, 5.41) is 5.93. The van der Waals surface area contributed by atoms with Crippen LogP contribution in [-0.4, -0.2) is 45.2 Å². The van der Waals surface area contributed by atoms with Crippen molar-refractivity contribution in [2.75, 3.05) is 48.9 Å². The molecule has 0 spiro atoms. The Balaban J connectivity index is 1.52. The summed E-state index contributed by atoms with van der Waals surface area (Å²) in [5.74, 6) is 0.330. The smallest absolute Gasteiger partial charge is 0.258 e. The molecule has 33 heavy (non-hydrogen) atoms. The molecule has 3 aromatic rings. The van der Waals surface area contributed by atoms with Gasteiger partial charge in [0, 0.05) is 30.6 Å².